The van der Waals surface area contributed by atoms with E-state index in [9.17, 15) is 4.79 Å². The van der Waals surface area contributed by atoms with E-state index < -0.39 is 0 Å². The van der Waals surface area contributed by atoms with Gasteiger partial charge in [0.15, 0.2) is 0 Å². The van der Waals surface area contributed by atoms with Crippen molar-refractivity contribution in [3.63, 3.8) is 0 Å². The fourth-order valence-electron chi connectivity index (χ4n) is 1.20. The maximum absolute atomic E-state index is 11.2. The molecule has 0 fully saturated rings. The van der Waals surface area contributed by atoms with Gasteiger partial charge in [-0.2, -0.15) is 5.26 Å². The number of nitrogens with one attached hydrogen (secondary N) is 2. The summed E-state index contributed by atoms with van der Waals surface area (Å²) in [6.07, 6.45) is 2.82. The summed E-state index contributed by atoms with van der Waals surface area (Å²) in [5, 5.41) is 13.8. The Bertz CT molecular complexity index is 394. The molecule has 2 N–H and O–H groups in total. The molecule has 1 rings (SSSR count). The van der Waals surface area contributed by atoms with Crippen LogP contribution in [-0.2, 0) is 17.8 Å². The molecule has 0 aromatic carbocycles. The molecule has 1 aromatic rings. The Kier molecular flexibility index (Phi) is 5.75. The van der Waals surface area contributed by atoms with Crippen LogP contribution in [0.4, 0.5) is 0 Å². The molecule has 0 unspecified atom stereocenters. The summed E-state index contributed by atoms with van der Waals surface area (Å²) in [6.45, 7) is 2.98. The quantitative estimate of drug-likeness (QED) is 0.667. The van der Waals surface area contributed by atoms with Gasteiger partial charge in [0, 0.05) is 13.0 Å². The molecule has 0 saturated heterocycles. The van der Waals surface area contributed by atoms with Gasteiger partial charge in [-0.1, -0.05) is 6.92 Å². The van der Waals surface area contributed by atoms with Crippen LogP contribution in [0.3, 0.4) is 0 Å². The van der Waals surface area contributed by atoms with E-state index in [1.54, 1.807) is 6.20 Å². The third kappa shape index (κ3) is 5.13. The average molecular weight is 236 g/mol. The second kappa shape index (κ2) is 7.41. The first-order valence-electron chi connectivity index (χ1n) is 5.54. The largest absolute Gasteiger partial charge is 0.444 e. The smallest absolute Gasteiger partial charge is 0.234 e. The van der Waals surface area contributed by atoms with Crippen LogP contribution < -0.4 is 10.6 Å². The zero-order valence-electron chi connectivity index (χ0n) is 9.82. The lowest BCUT2D eigenvalue weighted by Crippen LogP contribution is -2.34. The van der Waals surface area contributed by atoms with Gasteiger partial charge in [0.05, 0.1) is 31.8 Å². The van der Waals surface area contributed by atoms with Crippen molar-refractivity contribution in [3.8, 4) is 6.07 Å². The monoisotopic (exact) mass is 236 g/mol. The molecule has 92 valence electrons. The van der Waals surface area contributed by atoms with Crippen molar-refractivity contribution in [2.75, 3.05) is 13.1 Å². The number of nitriles is 1. The van der Waals surface area contributed by atoms with Crippen LogP contribution in [0.5, 0.6) is 0 Å². The molecule has 1 amide bonds. The van der Waals surface area contributed by atoms with E-state index in [0.717, 1.165) is 12.2 Å². The number of nitrogens with zero attached hydrogens (tertiary/aromatic N) is 2. The number of hydrogen-bond donors (Lipinski definition) is 2. The van der Waals surface area contributed by atoms with Crippen molar-refractivity contribution in [1.82, 2.24) is 15.6 Å². The standard InChI is InChI=1S/C11H16N4O2/c1-2-9-6-15-11(17-9)8-13-7-10(16)14-5-3-4-12/h6,13H,2-3,5,7-8H2,1H3,(H,14,16). The normalized spacial score (nSPS) is 9.88. The van der Waals surface area contributed by atoms with E-state index in [4.69, 9.17) is 9.68 Å². The third-order valence-electron chi connectivity index (χ3n) is 2.07. The van der Waals surface area contributed by atoms with Crippen molar-refractivity contribution in [3.05, 3.63) is 17.8 Å². The molecule has 0 aliphatic carbocycles. The van der Waals surface area contributed by atoms with Crippen LogP contribution in [0, 0.1) is 11.3 Å². The van der Waals surface area contributed by atoms with Gasteiger partial charge in [-0.05, 0) is 0 Å². The van der Waals surface area contributed by atoms with Crippen molar-refractivity contribution in [1.29, 1.82) is 5.26 Å². The molecule has 0 aliphatic rings. The topological polar surface area (TPSA) is 91.0 Å². The van der Waals surface area contributed by atoms with E-state index in [0.29, 0.717) is 25.4 Å². The van der Waals surface area contributed by atoms with Crippen molar-refractivity contribution >= 4 is 5.91 Å². The van der Waals surface area contributed by atoms with Gasteiger partial charge < -0.3 is 9.73 Å². The average Bonchev–Trinajstić information content (AvgIpc) is 2.77. The highest BCUT2D eigenvalue weighted by atomic mass is 16.4. The molecule has 0 saturated carbocycles. The molecule has 0 aliphatic heterocycles. The summed E-state index contributed by atoms with van der Waals surface area (Å²) < 4.78 is 5.36. The van der Waals surface area contributed by atoms with E-state index >= 15 is 0 Å². The van der Waals surface area contributed by atoms with E-state index in [1.165, 1.54) is 0 Å². The van der Waals surface area contributed by atoms with Crippen LogP contribution in [0.2, 0.25) is 0 Å². The number of rotatable bonds is 7. The molecule has 6 heteroatoms. The van der Waals surface area contributed by atoms with Gasteiger partial charge >= 0.3 is 0 Å². The maximum Gasteiger partial charge on any atom is 0.234 e. The van der Waals surface area contributed by atoms with Crippen LogP contribution in [0.25, 0.3) is 0 Å². The van der Waals surface area contributed by atoms with Crippen LogP contribution >= 0.6 is 0 Å². The van der Waals surface area contributed by atoms with Crippen molar-refractivity contribution in [2.45, 2.75) is 26.3 Å². The third-order valence-corrected chi connectivity index (χ3v) is 2.07. The summed E-state index contributed by atoms with van der Waals surface area (Å²) in [4.78, 5) is 15.3. The highest BCUT2D eigenvalue weighted by molar-refractivity contribution is 5.77. The van der Waals surface area contributed by atoms with E-state index in [1.807, 2.05) is 13.0 Å². The maximum atomic E-state index is 11.2. The molecule has 0 bridgehead atoms. The molecular formula is C11H16N4O2. The number of carbonyl (C=O) groups excluding carboxylic acids is 1. The zero-order valence-corrected chi connectivity index (χ0v) is 9.82. The predicted molar refractivity (Wildman–Crippen MR) is 60.8 cm³/mol. The fraction of sp³-hybridized carbons (Fsp3) is 0.545. The Balaban J connectivity index is 2.15. The lowest BCUT2D eigenvalue weighted by molar-refractivity contribution is -0.120. The van der Waals surface area contributed by atoms with Gasteiger partial charge in [-0.3, -0.25) is 10.1 Å². The van der Waals surface area contributed by atoms with Gasteiger partial charge in [0.2, 0.25) is 11.8 Å². The number of aryl methyl sites for hydroxylation is 1. The second-order valence-electron chi connectivity index (χ2n) is 3.44. The lowest BCUT2D eigenvalue weighted by atomic mass is 10.4. The SMILES string of the molecule is CCc1cnc(CNCC(=O)NCCC#N)o1. The molecule has 0 spiro atoms. The summed E-state index contributed by atoms with van der Waals surface area (Å²) in [6, 6.07) is 1.95. The van der Waals surface area contributed by atoms with Crippen LogP contribution in [0.15, 0.2) is 10.6 Å². The minimum absolute atomic E-state index is 0.137. The number of hydrogen-bond acceptors (Lipinski definition) is 5. The first-order valence-corrected chi connectivity index (χ1v) is 5.54. The number of aromatic nitrogens is 1. The highest BCUT2D eigenvalue weighted by Crippen LogP contribution is 2.03. The van der Waals surface area contributed by atoms with E-state index in [2.05, 4.69) is 15.6 Å². The van der Waals surface area contributed by atoms with E-state index in [-0.39, 0.29) is 12.5 Å². The fourth-order valence-corrected chi connectivity index (χ4v) is 1.20. The number of carbonyl (C=O) groups is 1. The predicted octanol–water partition coefficient (Wildman–Crippen LogP) is 0.356. The Morgan fingerprint density at radius 1 is 1.65 bits per heavy atom. The molecule has 17 heavy (non-hydrogen) atoms. The molecule has 0 atom stereocenters. The first-order chi connectivity index (χ1) is 8.26. The van der Waals surface area contributed by atoms with Crippen molar-refractivity contribution < 1.29 is 9.21 Å². The summed E-state index contributed by atoms with van der Waals surface area (Å²) in [5.74, 6) is 1.27. The molecule has 1 aromatic heterocycles. The summed E-state index contributed by atoms with van der Waals surface area (Å²) >= 11 is 0. The molecular weight excluding hydrogens is 220 g/mol. The molecule has 6 nitrogen and oxygen atoms in total. The summed E-state index contributed by atoms with van der Waals surface area (Å²) in [7, 11) is 0. The van der Waals surface area contributed by atoms with Gasteiger partial charge in [0.1, 0.15) is 5.76 Å². The molecule has 1 heterocycles. The Labute approximate surface area is 100 Å². The number of oxazole rings is 1. The van der Waals surface area contributed by atoms with Gasteiger partial charge in [-0.25, -0.2) is 4.98 Å². The van der Waals surface area contributed by atoms with Gasteiger partial charge in [-0.15, -0.1) is 0 Å². The molecule has 0 radical (unpaired) electrons. The lowest BCUT2D eigenvalue weighted by Gasteiger charge is -2.03. The minimum Gasteiger partial charge on any atom is -0.444 e. The minimum atomic E-state index is -0.137. The summed E-state index contributed by atoms with van der Waals surface area (Å²) in [5.41, 5.74) is 0. The van der Waals surface area contributed by atoms with Crippen LogP contribution in [-0.4, -0.2) is 24.0 Å². The Morgan fingerprint density at radius 2 is 2.47 bits per heavy atom. The Hall–Kier alpha value is -1.87. The van der Waals surface area contributed by atoms with Crippen LogP contribution in [0.1, 0.15) is 25.0 Å². The van der Waals surface area contributed by atoms with Gasteiger partial charge in [0.25, 0.3) is 0 Å². The zero-order chi connectivity index (χ0) is 12.5. The second-order valence-corrected chi connectivity index (χ2v) is 3.44. The highest BCUT2D eigenvalue weighted by Gasteiger charge is 2.03. The Morgan fingerprint density at radius 3 is 3.12 bits per heavy atom. The number of amides is 1. The first kappa shape index (κ1) is 13.2. The van der Waals surface area contributed by atoms with Crippen molar-refractivity contribution in [2.24, 2.45) is 0 Å².